The molecule has 0 N–H and O–H groups in total. The summed E-state index contributed by atoms with van der Waals surface area (Å²) in [4.78, 5) is 100. The topological polar surface area (TPSA) is 263 Å². The van der Waals surface area contributed by atoms with E-state index in [1.807, 2.05) is 0 Å². The molecule has 0 aliphatic carbocycles. The van der Waals surface area contributed by atoms with Crippen molar-refractivity contribution in [2.24, 2.45) is 5.41 Å². The number of carbonyl (C=O) groups excluding carboxylic acids is 8. The third-order valence-corrected chi connectivity index (χ3v) is 8.11. The van der Waals surface area contributed by atoms with E-state index >= 15 is 0 Å². The molecule has 0 spiro atoms. The van der Waals surface area contributed by atoms with Gasteiger partial charge in [0.2, 0.25) is 0 Å². The molecule has 328 valence electrons. The number of carbonyl (C=O) groups is 8. The molecule has 0 amide bonds. The SMILES string of the molecule is O=C(CCC(=O)OCC(COC(=O)CCC(=O)OCc1ccco1)(COC(=O)CCC(=O)OCc1ccco1)COC(=O)CCC(=O)OCc1ccco1)OCc1ccco1. The van der Waals surface area contributed by atoms with Crippen LogP contribution in [0, 0.1) is 5.41 Å². The monoisotopic (exact) mass is 856 g/mol. The molecule has 20 nitrogen and oxygen atoms in total. The second kappa shape index (κ2) is 25.4. The summed E-state index contributed by atoms with van der Waals surface area (Å²) in [6.07, 6.45) is 2.14. The summed E-state index contributed by atoms with van der Waals surface area (Å²) < 4.78 is 62.4. The summed E-state index contributed by atoms with van der Waals surface area (Å²) >= 11 is 0. The second-order valence-electron chi connectivity index (χ2n) is 13.1. The zero-order valence-corrected chi connectivity index (χ0v) is 32.9. The van der Waals surface area contributed by atoms with Crippen molar-refractivity contribution >= 4 is 47.8 Å². The lowest BCUT2D eigenvalue weighted by atomic mass is 9.92. The van der Waals surface area contributed by atoms with Crippen molar-refractivity contribution in [3.05, 3.63) is 96.6 Å². The van der Waals surface area contributed by atoms with Gasteiger partial charge in [-0.25, -0.2) is 0 Å². The van der Waals surface area contributed by atoms with Gasteiger partial charge in [-0.1, -0.05) is 0 Å². The van der Waals surface area contributed by atoms with Crippen molar-refractivity contribution in [3.63, 3.8) is 0 Å². The highest BCUT2D eigenvalue weighted by molar-refractivity contribution is 5.79. The first kappa shape index (κ1) is 46.6. The standard InChI is InChI=1S/C41H44O20/c42-33(54-21-29-5-1-17-50-29)9-13-37(46)58-25-41(26-59-38(47)14-10-34(43)55-22-30-6-2-18-51-30,27-60-39(48)15-11-35(44)56-23-31-7-3-19-52-31)28-61-40(49)16-12-36(45)57-24-32-8-4-20-53-32/h1-8,17-20H,9-16,21-28H2. The van der Waals surface area contributed by atoms with E-state index in [-0.39, 0.29) is 26.4 Å². The Kier molecular flexibility index (Phi) is 19.4. The Morgan fingerprint density at radius 2 is 0.525 bits per heavy atom. The highest BCUT2D eigenvalue weighted by atomic mass is 16.6. The molecule has 0 bridgehead atoms. The number of hydrogen-bond acceptors (Lipinski definition) is 20. The molecule has 0 aliphatic heterocycles. The van der Waals surface area contributed by atoms with Crippen LogP contribution in [-0.4, -0.2) is 74.2 Å². The van der Waals surface area contributed by atoms with Crippen molar-refractivity contribution in [1.29, 1.82) is 0 Å². The highest BCUT2D eigenvalue weighted by Crippen LogP contribution is 2.23. The van der Waals surface area contributed by atoms with Crippen LogP contribution >= 0.6 is 0 Å². The molecule has 0 saturated heterocycles. The summed E-state index contributed by atoms with van der Waals surface area (Å²) in [6.45, 7) is -3.50. The lowest BCUT2D eigenvalue weighted by Crippen LogP contribution is -2.44. The minimum Gasteiger partial charge on any atom is -0.466 e. The van der Waals surface area contributed by atoms with Crippen LogP contribution < -0.4 is 0 Å². The van der Waals surface area contributed by atoms with Crippen LogP contribution in [0.4, 0.5) is 0 Å². The summed E-state index contributed by atoms with van der Waals surface area (Å²) in [5.41, 5.74) is -1.80. The average molecular weight is 857 g/mol. The molecule has 0 fully saturated rings. The van der Waals surface area contributed by atoms with Crippen LogP contribution in [0.3, 0.4) is 0 Å². The van der Waals surface area contributed by atoms with Gasteiger partial charge in [-0.05, 0) is 48.5 Å². The fourth-order valence-corrected chi connectivity index (χ4v) is 4.76. The van der Waals surface area contributed by atoms with E-state index in [0.717, 1.165) is 0 Å². The molecule has 0 radical (unpaired) electrons. The van der Waals surface area contributed by atoms with Gasteiger partial charge in [-0.2, -0.15) is 0 Å². The maximum Gasteiger partial charge on any atom is 0.306 e. The fraction of sp³-hybridized carbons (Fsp3) is 0.415. The van der Waals surface area contributed by atoms with E-state index in [9.17, 15) is 38.4 Å². The predicted molar refractivity (Wildman–Crippen MR) is 197 cm³/mol. The number of hydrogen-bond donors (Lipinski definition) is 0. The minimum atomic E-state index is -1.80. The molecule has 20 heteroatoms. The van der Waals surface area contributed by atoms with Crippen LogP contribution in [-0.2, 0) is 103 Å². The van der Waals surface area contributed by atoms with Gasteiger partial charge in [0, 0.05) is 0 Å². The highest BCUT2D eigenvalue weighted by Gasteiger charge is 2.38. The Labute approximate surface area is 347 Å². The summed E-state index contributed by atoms with van der Waals surface area (Å²) in [5, 5.41) is 0. The number of rotatable bonds is 28. The number of furan rings is 4. The van der Waals surface area contributed by atoms with Crippen molar-refractivity contribution in [2.45, 2.75) is 77.8 Å². The van der Waals surface area contributed by atoms with Gasteiger partial charge < -0.3 is 55.6 Å². The zero-order chi connectivity index (χ0) is 43.7. The fourth-order valence-electron chi connectivity index (χ4n) is 4.76. The number of esters is 8. The van der Waals surface area contributed by atoms with Crippen LogP contribution in [0.5, 0.6) is 0 Å². The first-order valence-corrected chi connectivity index (χ1v) is 18.8. The molecule has 0 aliphatic rings. The molecule has 4 rings (SSSR count). The Morgan fingerprint density at radius 1 is 0.328 bits per heavy atom. The molecule has 4 aromatic heterocycles. The summed E-state index contributed by atoms with van der Waals surface area (Å²) in [7, 11) is 0. The molecular weight excluding hydrogens is 812 g/mol. The third-order valence-electron chi connectivity index (χ3n) is 8.11. The van der Waals surface area contributed by atoms with E-state index < -0.39 is 131 Å². The van der Waals surface area contributed by atoms with Crippen molar-refractivity contribution < 1.29 is 93.9 Å². The second-order valence-corrected chi connectivity index (χ2v) is 13.1. The first-order valence-electron chi connectivity index (χ1n) is 18.8. The Balaban J connectivity index is 1.39. The molecule has 61 heavy (non-hydrogen) atoms. The van der Waals surface area contributed by atoms with Gasteiger partial charge in [0.15, 0.2) is 0 Å². The van der Waals surface area contributed by atoms with E-state index in [0.29, 0.717) is 23.0 Å². The van der Waals surface area contributed by atoms with Gasteiger partial charge >= 0.3 is 47.8 Å². The molecule has 4 aromatic rings. The van der Waals surface area contributed by atoms with Crippen LogP contribution in [0.15, 0.2) is 91.3 Å². The molecule has 0 atom stereocenters. The molecule has 0 unspecified atom stereocenters. The minimum absolute atomic E-state index is 0.169. The maximum atomic E-state index is 12.9. The van der Waals surface area contributed by atoms with Gasteiger partial charge in [-0.3, -0.25) is 38.4 Å². The Morgan fingerprint density at radius 3 is 0.705 bits per heavy atom. The quantitative estimate of drug-likeness (QED) is 0.0557. The Bertz CT molecular complexity index is 1670. The van der Waals surface area contributed by atoms with Gasteiger partial charge in [-0.15, -0.1) is 0 Å². The smallest absolute Gasteiger partial charge is 0.306 e. The van der Waals surface area contributed by atoms with Crippen molar-refractivity contribution in [2.75, 3.05) is 26.4 Å². The van der Waals surface area contributed by atoms with E-state index in [1.54, 1.807) is 48.5 Å². The normalized spacial score (nSPS) is 10.9. The predicted octanol–water partition coefficient (Wildman–Crippen LogP) is 4.61. The number of ether oxygens (including phenoxy) is 8. The van der Waals surface area contributed by atoms with Crippen molar-refractivity contribution in [1.82, 2.24) is 0 Å². The largest absolute Gasteiger partial charge is 0.466 e. The third kappa shape index (κ3) is 19.0. The maximum absolute atomic E-state index is 12.9. The molecular formula is C41H44O20. The van der Waals surface area contributed by atoms with Crippen LogP contribution in [0.25, 0.3) is 0 Å². The lowest BCUT2D eigenvalue weighted by Gasteiger charge is -2.31. The average Bonchev–Trinajstić information content (AvgIpc) is 4.12. The molecule has 0 aromatic carbocycles. The van der Waals surface area contributed by atoms with Gasteiger partial charge in [0.25, 0.3) is 0 Å². The van der Waals surface area contributed by atoms with Crippen molar-refractivity contribution in [3.8, 4) is 0 Å². The Hall–Kier alpha value is -7.12. The summed E-state index contributed by atoms with van der Waals surface area (Å²) in [6, 6.07) is 12.8. The zero-order valence-electron chi connectivity index (χ0n) is 32.9. The first-order chi connectivity index (χ1) is 29.5. The molecule has 4 heterocycles. The van der Waals surface area contributed by atoms with Gasteiger partial charge in [0.1, 0.15) is 81.3 Å². The van der Waals surface area contributed by atoms with Gasteiger partial charge in [0.05, 0.1) is 76.4 Å². The molecule has 0 saturated carbocycles. The van der Waals surface area contributed by atoms with E-state index in [1.165, 1.54) is 25.1 Å². The van der Waals surface area contributed by atoms with E-state index in [4.69, 9.17) is 55.6 Å². The van der Waals surface area contributed by atoms with Crippen LogP contribution in [0.1, 0.15) is 74.4 Å². The van der Waals surface area contributed by atoms with Crippen LogP contribution in [0.2, 0.25) is 0 Å². The summed E-state index contributed by atoms with van der Waals surface area (Å²) in [5.74, 6) is -5.20. The van der Waals surface area contributed by atoms with E-state index in [2.05, 4.69) is 0 Å². The lowest BCUT2D eigenvalue weighted by molar-refractivity contribution is -0.173.